The first-order chi connectivity index (χ1) is 7.27. The minimum Gasteiger partial charge on any atom is -0.323 e. The second kappa shape index (κ2) is 4.24. The molecule has 0 amide bonds. The van der Waals surface area contributed by atoms with E-state index in [-0.39, 0.29) is 6.04 Å². The third kappa shape index (κ3) is 2.22. The predicted octanol–water partition coefficient (Wildman–Crippen LogP) is 2.77. The monoisotopic (exact) mass is 198 g/mol. The Balaban J connectivity index is 2.42. The van der Waals surface area contributed by atoms with Crippen LogP contribution in [0.15, 0.2) is 48.5 Å². The van der Waals surface area contributed by atoms with Gasteiger partial charge in [-0.15, -0.1) is 0 Å². The van der Waals surface area contributed by atoms with E-state index in [9.17, 15) is 0 Å². The summed E-state index contributed by atoms with van der Waals surface area (Å²) in [7, 11) is 0. The van der Waals surface area contributed by atoms with Crippen molar-refractivity contribution in [3.8, 4) is 11.3 Å². The summed E-state index contributed by atoms with van der Waals surface area (Å²) >= 11 is 0. The maximum absolute atomic E-state index is 5.80. The van der Waals surface area contributed by atoms with E-state index in [1.165, 1.54) is 0 Å². The van der Waals surface area contributed by atoms with Gasteiger partial charge in [0, 0.05) is 11.6 Å². The first-order valence-electron chi connectivity index (χ1n) is 5.05. The number of hydrogen-bond acceptors (Lipinski definition) is 2. The second-order valence-corrected chi connectivity index (χ2v) is 3.60. The van der Waals surface area contributed by atoms with Gasteiger partial charge in [-0.2, -0.15) is 0 Å². The molecule has 0 saturated heterocycles. The lowest BCUT2D eigenvalue weighted by Crippen LogP contribution is -2.07. The summed E-state index contributed by atoms with van der Waals surface area (Å²) in [5.74, 6) is 0. The summed E-state index contributed by atoms with van der Waals surface area (Å²) < 4.78 is 0. The van der Waals surface area contributed by atoms with Crippen LogP contribution in [0.5, 0.6) is 0 Å². The third-order valence-electron chi connectivity index (χ3n) is 2.31. The zero-order chi connectivity index (χ0) is 10.7. The first-order valence-corrected chi connectivity index (χ1v) is 5.05. The average molecular weight is 198 g/mol. The summed E-state index contributed by atoms with van der Waals surface area (Å²) in [5, 5.41) is 0. The molecule has 2 N–H and O–H groups in total. The molecule has 0 fully saturated rings. The van der Waals surface area contributed by atoms with Crippen LogP contribution in [0.4, 0.5) is 0 Å². The minimum absolute atomic E-state index is 0.0198. The van der Waals surface area contributed by atoms with E-state index in [4.69, 9.17) is 5.73 Å². The molecule has 15 heavy (non-hydrogen) atoms. The molecule has 0 saturated carbocycles. The van der Waals surface area contributed by atoms with Crippen molar-refractivity contribution in [3.05, 3.63) is 54.2 Å². The van der Waals surface area contributed by atoms with E-state index in [2.05, 4.69) is 4.98 Å². The molecule has 1 atom stereocenters. The molecular weight excluding hydrogens is 184 g/mol. The summed E-state index contributed by atoms with van der Waals surface area (Å²) in [6, 6.07) is 16.0. The zero-order valence-corrected chi connectivity index (χ0v) is 8.72. The van der Waals surface area contributed by atoms with Gasteiger partial charge in [0.2, 0.25) is 0 Å². The highest BCUT2D eigenvalue weighted by molar-refractivity contribution is 5.58. The number of rotatable bonds is 2. The van der Waals surface area contributed by atoms with Gasteiger partial charge in [0.25, 0.3) is 0 Å². The van der Waals surface area contributed by atoms with Gasteiger partial charge in [0.15, 0.2) is 0 Å². The molecule has 0 spiro atoms. The summed E-state index contributed by atoms with van der Waals surface area (Å²) in [6.45, 7) is 1.94. The van der Waals surface area contributed by atoms with Crippen LogP contribution >= 0.6 is 0 Å². The largest absolute Gasteiger partial charge is 0.323 e. The molecule has 0 unspecified atom stereocenters. The van der Waals surface area contributed by atoms with Gasteiger partial charge in [-0.1, -0.05) is 36.4 Å². The van der Waals surface area contributed by atoms with Gasteiger partial charge >= 0.3 is 0 Å². The lowest BCUT2D eigenvalue weighted by atomic mass is 10.1. The molecule has 0 radical (unpaired) electrons. The van der Waals surface area contributed by atoms with Crippen molar-refractivity contribution < 1.29 is 0 Å². The molecule has 0 bridgehead atoms. The van der Waals surface area contributed by atoms with E-state index >= 15 is 0 Å². The number of hydrogen-bond donors (Lipinski definition) is 1. The van der Waals surface area contributed by atoms with E-state index in [1.807, 2.05) is 55.5 Å². The summed E-state index contributed by atoms with van der Waals surface area (Å²) in [4.78, 5) is 4.52. The van der Waals surface area contributed by atoms with Crippen LogP contribution in [0.2, 0.25) is 0 Å². The fourth-order valence-electron chi connectivity index (χ4n) is 1.47. The Bertz CT molecular complexity index is 435. The SMILES string of the molecule is C[C@H](N)c1cccc(-c2ccccc2)n1. The number of nitrogens with zero attached hydrogens (tertiary/aromatic N) is 1. The quantitative estimate of drug-likeness (QED) is 0.805. The second-order valence-electron chi connectivity index (χ2n) is 3.60. The first kappa shape index (κ1) is 9.87. The number of benzene rings is 1. The standard InChI is InChI=1S/C13H14N2/c1-10(14)12-8-5-9-13(15-12)11-6-3-2-4-7-11/h2-10H,14H2,1H3/t10-/m0/s1. The highest BCUT2D eigenvalue weighted by Crippen LogP contribution is 2.18. The van der Waals surface area contributed by atoms with Crippen LogP contribution in [0, 0.1) is 0 Å². The van der Waals surface area contributed by atoms with Crippen LogP contribution in [0.25, 0.3) is 11.3 Å². The Morgan fingerprint density at radius 1 is 1.00 bits per heavy atom. The fourth-order valence-corrected chi connectivity index (χ4v) is 1.47. The highest BCUT2D eigenvalue weighted by Gasteiger charge is 2.03. The molecule has 0 aliphatic rings. The van der Waals surface area contributed by atoms with E-state index < -0.39 is 0 Å². The highest BCUT2D eigenvalue weighted by atomic mass is 14.8. The van der Waals surface area contributed by atoms with Gasteiger partial charge in [-0.25, -0.2) is 0 Å². The Labute approximate surface area is 89.8 Å². The van der Waals surface area contributed by atoms with Gasteiger partial charge in [0.05, 0.1) is 11.4 Å². The average Bonchev–Trinajstić information content (AvgIpc) is 2.30. The van der Waals surface area contributed by atoms with E-state index in [0.29, 0.717) is 0 Å². The Kier molecular flexibility index (Phi) is 2.79. The van der Waals surface area contributed by atoms with Gasteiger partial charge in [0.1, 0.15) is 0 Å². The van der Waals surface area contributed by atoms with Crippen molar-refractivity contribution >= 4 is 0 Å². The third-order valence-corrected chi connectivity index (χ3v) is 2.31. The lowest BCUT2D eigenvalue weighted by Gasteiger charge is -2.06. The fraction of sp³-hybridized carbons (Fsp3) is 0.154. The van der Waals surface area contributed by atoms with Crippen molar-refractivity contribution in [2.24, 2.45) is 5.73 Å². The molecule has 2 heteroatoms. The van der Waals surface area contributed by atoms with Gasteiger partial charge in [-0.3, -0.25) is 4.98 Å². The molecule has 2 aromatic rings. The Morgan fingerprint density at radius 2 is 1.73 bits per heavy atom. The smallest absolute Gasteiger partial charge is 0.0706 e. The minimum atomic E-state index is -0.0198. The van der Waals surface area contributed by atoms with Crippen LogP contribution < -0.4 is 5.73 Å². The Hall–Kier alpha value is -1.67. The molecule has 1 aromatic heterocycles. The topological polar surface area (TPSA) is 38.9 Å². The Morgan fingerprint density at radius 3 is 2.40 bits per heavy atom. The maximum Gasteiger partial charge on any atom is 0.0706 e. The number of nitrogens with two attached hydrogens (primary N) is 1. The van der Waals surface area contributed by atoms with Crippen molar-refractivity contribution in [2.75, 3.05) is 0 Å². The number of aromatic nitrogens is 1. The maximum atomic E-state index is 5.80. The molecule has 2 nitrogen and oxygen atoms in total. The molecule has 1 aromatic carbocycles. The van der Waals surface area contributed by atoms with Crippen LogP contribution in [0.1, 0.15) is 18.7 Å². The van der Waals surface area contributed by atoms with Crippen molar-refractivity contribution in [1.82, 2.24) is 4.98 Å². The van der Waals surface area contributed by atoms with Crippen LogP contribution in [-0.4, -0.2) is 4.98 Å². The summed E-state index contributed by atoms with van der Waals surface area (Å²) in [5.41, 5.74) is 8.83. The lowest BCUT2D eigenvalue weighted by molar-refractivity contribution is 0.782. The molecule has 1 heterocycles. The van der Waals surface area contributed by atoms with Crippen LogP contribution in [0.3, 0.4) is 0 Å². The van der Waals surface area contributed by atoms with Gasteiger partial charge < -0.3 is 5.73 Å². The molecule has 0 aliphatic carbocycles. The van der Waals surface area contributed by atoms with Crippen molar-refractivity contribution in [1.29, 1.82) is 0 Å². The zero-order valence-electron chi connectivity index (χ0n) is 8.72. The molecular formula is C13H14N2. The normalized spacial score (nSPS) is 12.4. The summed E-state index contributed by atoms with van der Waals surface area (Å²) in [6.07, 6.45) is 0. The van der Waals surface area contributed by atoms with Crippen molar-refractivity contribution in [3.63, 3.8) is 0 Å². The van der Waals surface area contributed by atoms with E-state index in [1.54, 1.807) is 0 Å². The van der Waals surface area contributed by atoms with E-state index in [0.717, 1.165) is 17.0 Å². The van der Waals surface area contributed by atoms with Crippen molar-refractivity contribution in [2.45, 2.75) is 13.0 Å². The van der Waals surface area contributed by atoms with Gasteiger partial charge in [-0.05, 0) is 19.1 Å². The van der Waals surface area contributed by atoms with Crippen LogP contribution in [-0.2, 0) is 0 Å². The molecule has 0 aliphatic heterocycles. The molecule has 2 rings (SSSR count). The molecule has 76 valence electrons. The predicted molar refractivity (Wildman–Crippen MR) is 62.3 cm³/mol. The number of pyridine rings is 1.